The first-order valence-electron chi connectivity index (χ1n) is 5.04. The summed E-state index contributed by atoms with van der Waals surface area (Å²) in [4.78, 5) is 0.188. The first-order valence-corrected chi connectivity index (χ1v) is 6.48. The molecular weight excluding hydrogens is 242 g/mol. The Bertz CT molecular complexity index is 485. The Balaban J connectivity index is 3.03. The van der Waals surface area contributed by atoms with Crippen LogP contribution in [0.5, 0.6) is 0 Å². The van der Waals surface area contributed by atoms with Gasteiger partial charge >= 0.3 is 0 Å². The highest BCUT2D eigenvalue weighted by atomic mass is 32.2. The van der Waals surface area contributed by atoms with Crippen LogP contribution in [0.4, 0.5) is 0 Å². The quantitative estimate of drug-likeness (QED) is 0.346. The Kier molecular flexibility index (Phi) is 4.47. The number of rotatable bonds is 5. The van der Waals surface area contributed by atoms with Gasteiger partial charge in [0.1, 0.15) is 0 Å². The third-order valence-corrected chi connectivity index (χ3v) is 4.14. The lowest BCUT2D eigenvalue weighted by Gasteiger charge is -2.19. The Labute approximate surface area is 100 Å². The summed E-state index contributed by atoms with van der Waals surface area (Å²) >= 11 is 0. The highest BCUT2D eigenvalue weighted by molar-refractivity contribution is 7.89. The predicted molar refractivity (Wildman–Crippen MR) is 64.3 cm³/mol. The van der Waals surface area contributed by atoms with Crippen molar-refractivity contribution in [2.75, 3.05) is 13.1 Å². The van der Waals surface area contributed by atoms with Gasteiger partial charge in [-0.3, -0.25) is 0 Å². The molecule has 0 radical (unpaired) electrons. The maximum atomic E-state index is 12.1. The molecule has 7 heteroatoms. The Morgan fingerprint density at radius 2 is 2.00 bits per heavy atom. The summed E-state index contributed by atoms with van der Waals surface area (Å²) in [5.74, 6) is -0.147. The first-order chi connectivity index (χ1) is 8.02. The van der Waals surface area contributed by atoms with E-state index in [2.05, 4.69) is 5.16 Å². The molecule has 0 spiro atoms. The molecule has 0 amide bonds. The minimum Gasteiger partial charge on any atom is -0.409 e. The summed E-state index contributed by atoms with van der Waals surface area (Å²) in [6.07, 6.45) is 0. The van der Waals surface area contributed by atoms with Crippen molar-refractivity contribution in [1.29, 1.82) is 0 Å². The van der Waals surface area contributed by atoms with E-state index in [0.717, 1.165) is 4.31 Å². The highest BCUT2D eigenvalue weighted by Crippen LogP contribution is 2.14. The fourth-order valence-corrected chi connectivity index (χ4v) is 2.76. The van der Waals surface area contributed by atoms with Gasteiger partial charge in [-0.15, -0.1) is 0 Å². The van der Waals surface area contributed by atoms with Crippen LogP contribution in [-0.2, 0) is 10.0 Å². The molecule has 0 aromatic heterocycles. The van der Waals surface area contributed by atoms with Crippen molar-refractivity contribution in [3.63, 3.8) is 0 Å². The summed E-state index contributed by atoms with van der Waals surface area (Å²) in [6, 6.07) is 8.03. The molecule has 1 aromatic rings. The van der Waals surface area contributed by atoms with E-state index in [1.807, 2.05) is 0 Å². The number of nitrogens with zero attached hydrogens (tertiary/aromatic N) is 2. The van der Waals surface area contributed by atoms with Crippen LogP contribution in [0.25, 0.3) is 0 Å². The topological polar surface area (TPSA) is 96.0 Å². The lowest BCUT2D eigenvalue weighted by Crippen LogP contribution is -2.38. The molecule has 0 saturated heterocycles. The molecule has 6 nitrogen and oxygen atoms in total. The fourth-order valence-electron chi connectivity index (χ4n) is 1.32. The van der Waals surface area contributed by atoms with Crippen molar-refractivity contribution < 1.29 is 13.6 Å². The molecule has 0 saturated carbocycles. The van der Waals surface area contributed by atoms with Gasteiger partial charge in [-0.25, -0.2) is 8.42 Å². The number of hydrogen-bond donors (Lipinski definition) is 2. The molecule has 17 heavy (non-hydrogen) atoms. The van der Waals surface area contributed by atoms with Crippen LogP contribution in [-0.4, -0.2) is 36.9 Å². The standard InChI is InChI=1S/C10H15N3O3S/c1-2-13(8-10(11)12-14)17(15,16)9-6-4-3-5-7-9/h3-7,14H,2,8H2,1H3,(H2,11,12). The monoisotopic (exact) mass is 257 g/mol. The van der Waals surface area contributed by atoms with Crippen molar-refractivity contribution in [2.45, 2.75) is 11.8 Å². The summed E-state index contributed by atoms with van der Waals surface area (Å²) in [5.41, 5.74) is 5.32. The molecule has 0 aliphatic heterocycles. The zero-order valence-corrected chi connectivity index (χ0v) is 10.3. The van der Waals surface area contributed by atoms with Crippen LogP contribution < -0.4 is 5.73 Å². The van der Waals surface area contributed by atoms with Crippen molar-refractivity contribution >= 4 is 15.9 Å². The van der Waals surface area contributed by atoms with E-state index in [9.17, 15) is 8.42 Å². The van der Waals surface area contributed by atoms with Crippen LogP contribution in [0, 0.1) is 0 Å². The number of likely N-dealkylation sites (N-methyl/N-ethyl adjacent to an activating group) is 1. The lowest BCUT2D eigenvalue weighted by molar-refractivity contribution is 0.315. The second-order valence-electron chi connectivity index (χ2n) is 3.34. The average molecular weight is 257 g/mol. The Morgan fingerprint density at radius 1 is 1.41 bits per heavy atom. The zero-order chi connectivity index (χ0) is 12.9. The van der Waals surface area contributed by atoms with E-state index in [1.165, 1.54) is 12.1 Å². The van der Waals surface area contributed by atoms with E-state index >= 15 is 0 Å². The number of sulfonamides is 1. The maximum Gasteiger partial charge on any atom is 0.243 e. The summed E-state index contributed by atoms with van der Waals surface area (Å²) in [6.45, 7) is 1.79. The molecule has 1 aromatic carbocycles. The molecule has 0 fully saturated rings. The van der Waals surface area contributed by atoms with Gasteiger partial charge in [-0.1, -0.05) is 30.3 Å². The second kappa shape index (κ2) is 5.65. The SMILES string of the molecule is CCN(CC(N)=NO)S(=O)(=O)c1ccccc1. The highest BCUT2D eigenvalue weighted by Gasteiger charge is 2.23. The van der Waals surface area contributed by atoms with Gasteiger partial charge in [0, 0.05) is 6.54 Å². The second-order valence-corrected chi connectivity index (χ2v) is 5.27. The fraction of sp³-hybridized carbons (Fsp3) is 0.300. The molecule has 0 unspecified atom stereocenters. The van der Waals surface area contributed by atoms with Crippen molar-refractivity contribution in [2.24, 2.45) is 10.9 Å². The summed E-state index contributed by atoms with van der Waals surface area (Å²) < 4.78 is 25.4. The minimum absolute atomic E-state index is 0.135. The number of oxime groups is 1. The number of benzene rings is 1. The van der Waals surface area contributed by atoms with Crippen molar-refractivity contribution in [3.05, 3.63) is 30.3 Å². The zero-order valence-electron chi connectivity index (χ0n) is 9.44. The Morgan fingerprint density at radius 3 is 2.47 bits per heavy atom. The van der Waals surface area contributed by atoms with Gasteiger partial charge in [-0.05, 0) is 12.1 Å². The third kappa shape index (κ3) is 3.18. The Hall–Kier alpha value is -1.60. The van der Waals surface area contributed by atoms with Crippen molar-refractivity contribution in [1.82, 2.24) is 4.31 Å². The maximum absolute atomic E-state index is 12.1. The van der Waals surface area contributed by atoms with Gasteiger partial charge in [0.15, 0.2) is 5.84 Å². The largest absolute Gasteiger partial charge is 0.409 e. The number of amidine groups is 1. The molecule has 3 N–H and O–H groups in total. The van der Waals surface area contributed by atoms with Crippen LogP contribution in [0.1, 0.15) is 6.92 Å². The number of hydrogen-bond acceptors (Lipinski definition) is 4. The van der Waals surface area contributed by atoms with Crippen LogP contribution in [0.2, 0.25) is 0 Å². The normalized spacial score (nSPS) is 12.9. The van der Waals surface area contributed by atoms with Crippen LogP contribution in [0.3, 0.4) is 0 Å². The molecule has 0 atom stereocenters. The van der Waals surface area contributed by atoms with Gasteiger partial charge in [-0.2, -0.15) is 4.31 Å². The summed E-state index contributed by atoms with van der Waals surface area (Å²) in [5, 5.41) is 11.2. The first kappa shape index (κ1) is 13.5. The predicted octanol–water partition coefficient (Wildman–Crippen LogP) is 0.444. The number of nitrogens with two attached hydrogens (primary N) is 1. The molecule has 0 aliphatic carbocycles. The average Bonchev–Trinajstić information content (AvgIpc) is 2.36. The van der Waals surface area contributed by atoms with E-state index in [-0.39, 0.29) is 23.8 Å². The van der Waals surface area contributed by atoms with Crippen molar-refractivity contribution in [3.8, 4) is 0 Å². The van der Waals surface area contributed by atoms with E-state index in [4.69, 9.17) is 10.9 Å². The van der Waals surface area contributed by atoms with E-state index < -0.39 is 10.0 Å². The molecule has 94 valence electrons. The smallest absolute Gasteiger partial charge is 0.243 e. The van der Waals surface area contributed by atoms with Crippen LogP contribution >= 0.6 is 0 Å². The molecule has 0 aliphatic rings. The molecule has 1 rings (SSSR count). The van der Waals surface area contributed by atoms with Gasteiger partial charge in [0.25, 0.3) is 0 Å². The molecular formula is C10H15N3O3S. The van der Waals surface area contributed by atoms with E-state index in [1.54, 1.807) is 25.1 Å². The van der Waals surface area contributed by atoms with Crippen LogP contribution in [0.15, 0.2) is 40.4 Å². The van der Waals surface area contributed by atoms with Gasteiger partial charge in [0.2, 0.25) is 10.0 Å². The molecule has 0 heterocycles. The van der Waals surface area contributed by atoms with E-state index in [0.29, 0.717) is 0 Å². The third-order valence-electron chi connectivity index (χ3n) is 2.20. The minimum atomic E-state index is -3.59. The van der Waals surface area contributed by atoms with Gasteiger partial charge < -0.3 is 10.9 Å². The van der Waals surface area contributed by atoms with Gasteiger partial charge in [0.05, 0.1) is 11.4 Å². The molecule has 0 bridgehead atoms. The summed E-state index contributed by atoms with van der Waals surface area (Å²) in [7, 11) is -3.59. The lowest BCUT2D eigenvalue weighted by atomic mass is 10.4.